The quantitative estimate of drug-likeness (QED) is 0.740. The number of nitrogens with zero attached hydrogens (tertiary/aromatic N) is 4. The molecule has 1 aromatic rings. The summed E-state index contributed by atoms with van der Waals surface area (Å²) in [5.41, 5.74) is 0.842. The number of aromatic nitrogens is 1. The van der Waals surface area contributed by atoms with Gasteiger partial charge in [-0.3, -0.25) is 4.79 Å². The number of rotatable bonds is 2. The van der Waals surface area contributed by atoms with Gasteiger partial charge in [-0.25, -0.2) is 8.42 Å². The molecule has 1 amide bonds. The Morgan fingerprint density at radius 3 is 2.65 bits per heavy atom. The number of fused-ring (bicyclic) bond motifs is 1. The number of carbonyl (C=O) groups is 1. The van der Waals surface area contributed by atoms with Crippen LogP contribution in [0.15, 0.2) is 12.3 Å². The van der Waals surface area contributed by atoms with E-state index in [1.54, 1.807) is 28.8 Å². The molecule has 3 atom stereocenters. The third kappa shape index (κ3) is 2.54. The van der Waals surface area contributed by atoms with Crippen molar-refractivity contribution in [2.45, 2.75) is 11.3 Å². The fourth-order valence-electron chi connectivity index (χ4n) is 3.73. The van der Waals surface area contributed by atoms with Gasteiger partial charge in [0, 0.05) is 38.3 Å². The number of amides is 1. The van der Waals surface area contributed by atoms with Crippen molar-refractivity contribution >= 4 is 15.7 Å². The third-order valence-electron chi connectivity index (χ3n) is 4.97. The van der Waals surface area contributed by atoms with Crippen molar-refractivity contribution in [1.82, 2.24) is 14.4 Å². The van der Waals surface area contributed by atoms with E-state index in [2.05, 4.69) is 0 Å². The van der Waals surface area contributed by atoms with Gasteiger partial charge >= 0.3 is 0 Å². The number of aryl methyl sites for hydroxylation is 1. The number of carbonyl (C=O) groups excluding carboxylic acids is 1. The molecule has 2 saturated heterocycles. The van der Waals surface area contributed by atoms with Crippen LogP contribution in [0.2, 0.25) is 0 Å². The van der Waals surface area contributed by atoms with Crippen molar-refractivity contribution in [1.29, 1.82) is 5.26 Å². The van der Waals surface area contributed by atoms with Crippen LogP contribution >= 0.6 is 0 Å². The van der Waals surface area contributed by atoms with Crippen LogP contribution in [0.1, 0.15) is 16.1 Å². The SMILES string of the molecule is CN(C)[C@@H]1CS(=O)(=O)[C@H]2CN(C(=O)c3cc(C#N)cn3C)C[C@@H]12. The van der Waals surface area contributed by atoms with Crippen LogP contribution in [-0.2, 0) is 16.9 Å². The molecule has 0 unspecified atom stereocenters. The summed E-state index contributed by atoms with van der Waals surface area (Å²) >= 11 is 0. The van der Waals surface area contributed by atoms with E-state index in [9.17, 15) is 13.2 Å². The summed E-state index contributed by atoms with van der Waals surface area (Å²) < 4.78 is 26.4. The lowest BCUT2D eigenvalue weighted by Crippen LogP contribution is -2.39. The Hall–Kier alpha value is -1.85. The average molecular weight is 336 g/mol. The molecule has 124 valence electrons. The van der Waals surface area contributed by atoms with Crippen LogP contribution in [0.4, 0.5) is 0 Å². The first kappa shape index (κ1) is 16.0. The largest absolute Gasteiger partial charge is 0.345 e. The van der Waals surface area contributed by atoms with Gasteiger partial charge in [0.05, 0.1) is 16.6 Å². The van der Waals surface area contributed by atoms with E-state index in [-0.39, 0.29) is 30.2 Å². The first-order valence-corrected chi connectivity index (χ1v) is 9.20. The Morgan fingerprint density at radius 1 is 1.39 bits per heavy atom. The maximum atomic E-state index is 12.7. The third-order valence-corrected chi connectivity index (χ3v) is 7.20. The molecule has 0 spiro atoms. The molecule has 0 aliphatic carbocycles. The van der Waals surface area contributed by atoms with Crippen molar-refractivity contribution in [3.05, 3.63) is 23.5 Å². The molecule has 2 fully saturated rings. The second-order valence-electron chi connectivity index (χ2n) is 6.61. The number of likely N-dealkylation sites (tertiary alicyclic amines) is 1. The predicted octanol–water partition coefficient (Wildman–Crippen LogP) is -0.304. The van der Waals surface area contributed by atoms with Crippen molar-refractivity contribution in [3.63, 3.8) is 0 Å². The molecular weight excluding hydrogens is 316 g/mol. The first-order chi connectivity index (χ1) is 10.7. The van der Waals surface area contributed by atoms with Crippen LogP contribution in [0.3, 0.4) is 0 Å². The highest BCUT2D eigenvalue weighted by Gasteiger charge is 2.53. The number of nitriles is 1. The summed E-state index contributed by atoms with van der Waals surface area (Å²) in [5, 5.41) is 8.47. The van der Waals surface area contributed by atoms with Gasteiger partial charge in [-0.1, -0.05) is 0 Å². The lowest BCUT2D eigenvalue weighted by Gasteiger charge is -2.25. The van der Waals surface area contributed by atoms with Crippen LogP contribution in [0, 0.1) is 17.2 Å². The second-order valence-corrected chi connectivity index (χ2v) is 8.87. The monoisotopic (exact) mass is 336 g/mol. The minimum atomic E-state index is -3.17. The van der Waals surface area contributed by atoms with Gasteiger partial charge in [-0.05, 0) is 20.2 Å². The molecule has 23 heavy (non-hydrogen) atoms. The molecule has 8 heteroatoms. The normalized spacial score (nSPS) is 28.8. The van der Waals surface area contributed by atoms with Crippen molar-refractivity contribution < 1.29 is 13.2 Å². The Kier molecular flexibility index (Phi) is 3.73. The predicted molar refractivity (Wildman–Crippen MR) is 84.6 cm³/mol. The van der Waals surface area contributed by atoms with E-state index < -0.39 is 15.1 Å². The van der Waals surface area contributed by atoms with E-state index in [0.29, 0.717) is 17.8 Å². The minimum Gasteiger partial charge on any atom is -0.345 e. The summed E-state index contributed by atoms with van der Waals surface area (Å²) in [7, 11) is 2.30. The number of hydrogen-bond donors (Lipinski definition) is 0. The van der Waals surface area contributed by atoms with Crippen LogP contribution in [-0.4, -0.2) is 72.9 Å². The zero-order valence-electron chi connectivity index (χ0n) is 13.4. The van der Waals surface area contributed by atoms with Gasteiger partial charge in [0.1, 0.15) is 11.8 Å². The second kappa shape index (κ2) is 5.35. The Bertz CT molecular complexity index is 790. The topological polar surface area (TPSA) is 86.4 Å². The standard InChI is InChI=1S/C15H20N4O3S/c1-17(2)13-9-23(21,22)14-8-19(7-11(13)14)15(20)12-4-10(5-16)6-18(12)3/h4,6,11,13-14H,7-9H2,1-3H3/t11-,13+,14-/m0/s1. The van der Waals surface area contributed by atoms with Crippen molar-refractivity contribution in [2.24, 2.45) is 13.0 Å². The molecule has 0 saturated carbocycles. The van der Waals surface area contributed by atoms with Gasteiger partial charge in [-0.2, -0.15) is 5.26 Å². The summed E-state index contributed by atoms with van der Waals surface area (Å²) in [6.45, 7) is 0.682. The summed E-state index contributed by atoms with van der Waals surface area (Å²) in [6, 6.07) is 3.51. The van der Waals surface area contributed by atoms with E-state index in [1.807, 2.05) is 25.1 Å². The summed E-state index contributed by atoms with van der Waals surface area (Å²) in [4.78, 5) is 16.3. The molecule has 3 rings (SSSR count). The first-order valence-electron chi connectivity index (χ1n) is 7.48. The summed E-state index contributed by atoms with van der Waals surface area (Å²) in [5.74, 6) is -0.0918. The molecule has 1 aromatic heterocycles. The highest BCUT2D eigenvalue weighted by atomic mass is 32.2. The van der Waals surface area contributed by atoms with E-state index in [1.165, 1.54) is 0 Å². The fraction of sp³-hybridized carbons (Fsp3) is 0.600. The van der Waals surface area contributed by atoms with Crippen molar-refractivity contribution in [2.75, 3.05) is 32.9 Å². The van der Waals surface area contributed by atoms with Gasteiger partial charge in [-0.15, -0.1) is 0 Å². The molecule has 2 aliphatic heterocycles. The average Bonchev–Trinajstić information content (AvgIpc) is 3.12. The van der Waals surface area contributed by atoms with Crippen LogP contribution < -0.4 is 0 Å². The molecule has 0 radical (unpaired) electrons. The Balaban J connectivity index is 1.86. The van der Waals surface area contributed by atoms with E-state index >= 15 is 0 Å². The van der Waals surface area contributed by atoms with Gasteiger partial charge in [0.25, 0.3) is 5.91 Å². The molecule has 3 heterocycles. The Labute approximate surface area is 136 Å². The summed E-state index contributed by atoms with van der Waals surface area (Å²) in [6.07, 6.45) is 1.60. The van der Waals surface area contributed by atoms with E-state index in [4.69, 9.17) is 5.26 Å². The lowest BCUT2D eigenvalue weighted by molar-refractivity contribution is 0.0770. The molecule has 0 bridgehead atoms. The fourth-order valence-corrected chi connectivity index (χ4v) is 6.21. The van der Waals surface area contributed by atoms with Gasteiger partial charge in [0.15, 0.2) is 9.84 Å². The highest BCUT2D eigenvalue weighted by molar-refractivity contribution is 7.92. The number of hydrogen-bond acceptors (Lipinski definition) is 5. The highest BCUT2D eigenvalue weighted by Crippen LogP contribution is 2.36. The zero-order chi connectivity index (χ0) is 16.9. The smallest absolute Gasteiger partial charge is 0.270 e. The lowest BCUT2D eigenvalue weighted by atomic mass is 10.00. The maximum absolute atomic E-state index is 12.7. The maximum Gasteiger partial charge on any atom is 0.270 e. The van der Waals surface area contributed by atoms with E-state index in [0.717, 1.165) is 0 Å². The molecule has 0 N–H and O–H groups in total. The van der Waals surface area contributed by atoms with Gasteiger partial charge < -0.3 is 14.4 Å². The van der Waals surface area contributed by atoms with Crippen LogP contribution in [0.5, 0.6) is 0 Å². The number of sulfone groups is 1. The Morgan fingerprint density at radius 2 is 2.09 bits per heavy atom. The molecular formula is C15H20N4O3S. The van der Waals surface area contributed by atoms with Crippen molar-refractivity contribution in [3.8, 4) is 6.07 Å². The zero-order valence-corrected chi connectivity index (χ0v) is 14.2. The molecule has 0 aromatic carbocycles. The minimum absolute atomic E-state index is 0.0466. The van der Waals surface area contributed by atoms with Crippen LogP contribution in [0.25, 0.3) is 0 Å². The molecule has 7 nitrogen and oxygen atoms in total. The van der Waals surface area contributed by atoms with Gasteiger partial charge in [0.2, 0.25) is 0 Å². The molecule has 2 aliphatic rings.